The molecule has 3 unspecified atom stereocenters. The van der Waals surface area contributed by atoms with Crippen molar-refractivity contribution in [3.05, 3.63) is 69.5 Å². The second-order valence-corrected chi connectivity index (χ2v) is 7.23. The van der Waals surface area contributed by atoms with E-state index in [9.17, 15) is 9.18 Å². The Hall–Kier alpha value is -1.62. The SMILES string of the molecule is CC(NC(=O)C1CNCC1c1cc(Cl)cc(Cl)c1)c1ccc(F)cc1. The van der Waals surface area contributed by atoms with Crippen LogP contribution in [0.4, 0.5) is 4.39 Å². The second kappa shape index (κ2) is 7.73. The number of amides is 1. The highest BCUT2D eigenvalue weighted by Crippen LogP contribution is 2.32. The smallest absolute Gasteiger partial charge is 0.225 e. The van der Waals surface area contributed by atoms with E-state index in [2.05, 4.69) is 10.6 Å². The predicted octanol–water partition coefficient (Wildman–Crippen LogP) is 4.31. The standard InChI is InChI=1S/C19H19Cl2FN2O/c1-11(12-2-4-16(22)5-3-12)24-19(25)18-10-23-9-17(18)13-6-14(20)8-15(21)7-13/h2-8,11,17-18,23H,9-10H2,1H3,(H,24,25). The molecule has 132 valence electrons. The molecule has 0 aliphatic carbocycles. The van der Waals surface area contributed by atoms with Crippen LogP contribution in [0.2, 0.25) is 10.0 Å². The van der Waals surface area contributed by atoms with Gasteiger partial charge < -0.3 is 10.6 Å². The second-order valence-electron chi connectivity index (χ2n) is 6.36. The highest BCUT2D eigenvalue weighted by molar-refractivity contribution is 6.34. The summed E-state index contributed by atoms with van der Waals surface area (Å²) in [5, 5.41) is 7.41. The van der Waals surface area contributed by atoms with E-state index in [1.807, 2.05) is 19.1 Å². The van der Waals surface area contributed by atoms with E-state index in [0.717, 1.165) is 11.1 Å². The molecule has 3 atom stereocenters. The summed E-state index contributed by atoms with van der Waals surface area (Å²) in [5.41, 5.74) is 1.82. The van der Waals surface area contributed by atoms with Crippen molar-refractivity contribution in [2.24, 2.45) is 5.92 Å². The average Bonchev–Trinajstić information content (AvgIpc) is 3.04. The molecule has 1 fully saturated rings. The highest BCUT2D eigenvalue weighted by atomic mass is 35.5. The summed E-state index contributed by atoms with van der Waals surface area (Å²) >= 11 is 12.2. The first-order chi connectivity index (χ1) is 11.9. The summed E-state index contributed by atoms with van der Waals surface area (Å²) in [7, 11) is 0. The molecule has 1 aliphatic heterocycles. The largest absolute Gasteiger partial charge is 0.349 e. The summed E-state index contributed by atoms with van der Waals surface area (Å²) in [5.74, 6) is -0.530. The van der Waals surface area contributed by atoms with Crippen LogP contribution in [0.3, 0.4) is 0 Å². The molecule has 6 heteroatoms. The van der Waals surface area contributed by atoms with Crippen molar-refractivity contribution < 1.29 is 9.18 Å². The summed E-state index contributed by atoms with van der Waals surface area (Å²) in [6, 6.07) is 11.3. The first-order valence-electron chi connectivity index (χ1n) is 8.16. The topological polar surface area (TPSA) is 41.1 Å². The molecule has 0 radical (unpaired) electrons. The van der Waals surface area contributed by atoms with Crippen molar-refractivity contribution in [2.75, 3.05) is 13.1 Å². The number of hydrogen-bond donors (Lipinski definition) is 2. The molecule has 0 spiro atoms. The van der Waals surface area contributed by atoms with Crippen molar-refractivity contribution in [3.63, 3.8) is 0 Å². The number of rotatable bonds is 4. The maximum absolute atomic E-state index is 13.0. The molecule has 1 aliphatic rings. The van der Waals surface area contributed by atoms with E-state index in [-0.39, 0.29) is 29.6 Å². The fraction of sp³-hybridized carbons (Fsp3) is 0.316. The minimum Gasteiger partial charge on any atom is -0.349 e. The molecule has 0 saturated carbocycles. The van der Waals surface area contributed by atoms with Gasteiger partial charge in [0.25, 0.3) is 0 Å². The van der Waals surface area contributed by atoms with E-state index < -0.39 is 0 Å². The van der Waals surface area contributed by atoms with Gasteiger partial charge in [-0.05, 0) is 48.4 Å². The Kier molecular flexibility index (Phi) is 5.62. The lowest BCUT2D eigenvalue weighted by molar-refractivity contribution is -0.125. The van der Waals surface area contributed by atoms with Crippen LogP contribution in [0.15, 0.2) is 42.5 Å². The first-order valence-corrected chi connectivity index (χ1v) is 8.92. The van der Waals surface area contributed by atoms with Gasteiger partial charge in [0.1, 0.15) is 5.82 Å². The molecular formula is C19H19Cl2FN2O. The minimum absolute atomic E-state index is 0.0108. The number of carbonyl (C=O) groups is 1. The molecule has 3 nitrogen and oxygen atoms in total. The number of benzene rings is 2. The molecule has 2 N–H and O–H groups in total. The van der Waals surface area contributed by atoms with Crippen LogP contribution in [0.1, 0.15) is 30.0 Å². The molecule has 0 bridgehead atoms. The van der Waals surface area contributed by atoms with Gasteiger partial charge in [0.05, 0.1) is 12.0 Å². The lowest BCUT2D eigenvalue weighted by Crippen LogP contribution is -2.36. The van der Waals surface area contributed by atoms with Gasteiger partial charge in [-0.25, -0.2) is 4.39 Å². The molecule has 25 heavy (non-hydrogen) atoms. The number of nitrogens with one attached hydrogen (secondary N) is 2. The monoisotopic (exact) mass is 380 g/mol. The molecule has 1 saturated heterocycles. The minimum atomic E-state index is -0.292. The zero-order valence-corrected chi connectivity index (χ0v) is 15.2. The average molecular weight is 381 g/mol. The fourth-order valence-corrected chi connectivity index (χ4v) is 3.79. The van der Waals surface area contributed by atoms with E-state index in [1.165, 1.54) is 12.1 Å². The van der Waals surface area contributed by atoms with Gasteiger partial charge in [0.2, 0.25) is 5.91 Å². The molecule has 3 rings (SSSR count). The van der Waals surface area contributed by atoms with Crippen molar-refractivity contribution >= 4 is 29.1 Å². The Morgan fingerprint density at radius 2 is 1.80 bits per heavy atom. The van der Waals surface area contributed by atoms with Crippen molar-refractivity contribution in [1.29, 1.82) is 0 Å². The van der Waals surface area contributed by atoms with Crippen LogP contribution in [-0.4, -0.2) is 19.0 Å². The van der Waals surface area contributed by atoms with Gasteiger partial charge in [0, 0.05) is 29.1 Å². The van der Waals surface area contributed by atoms with Crippen LogP contribution in [0.5, 0.6) is 0 Å². The maximum atomic E-state index is 13.0. The van der Waals surface area contributed by atoms with Crippen LogP contribution in [-0.2, 0) is 4.79 Å². The Morgan fingerprint density at radius 3 is 2.44 bits per heavy atom. The summed E-state index contributed by atoms with van der Waals surface area (Å²) in [4.78, 5) is 12.8. The maximum Gasteiger partial charge on any atom is 0.225 e. The fourth-order valence-electron chi connectivity index (χ4n) is 3.25. The van der Waals surface area contributed by atoms with Crippen molar-refractivity contribution in [1.82, 2.24) is 10.6 Å². The highest BCUT2D eigenvalue weighted by Gasteiger charge is 2.34. The molecule has 1 amide bonds. The molecule has 0 aromatic heterocycles. The van der Waals surface area contributed by atoms with Crippen LogP contribution < -0.4 is 10.6 Å². The molecule has 2 aromatic rings. The zero-order chi connectivity index (χ0) is 18.0. The third kappa shape index (κ3) is 4.32. The number of carbonyl (C=O) groups excluding carboxylic acids is 1. The lowest BCUT2D eigenvalue weighted by atomic mass is 9.88. The van der Waals surface area contributed by atoms with E-state index in [1.54, 1.807) is 18.2 Å². The Morgan fingerprint density at radius 1 is 1.16 bits per heavy atom. The summed E-state index contributed by atoms with van der Waals surface area (Å²) in [6.07, 6.45) is 0. The number of hydrogen-bond acceptors (Lipinski definition) is 2. The van der Waals surface area contributed by atoms with Crippen LogP contribution in [0.25, 0.3) is 0 Å². The predicted molar refractivity (Wildman–Crippen MR) is 98.5 cm³/mol. The first kappa shape index (κ1) is 18.2. The van der Waals surface area contributed by atoms with E-state index in [4.69, 9.17) is 23.2 Å². The van der Waals surface area contributed by atoms with Gasteiger partial charge in [-0.1, -0.05) is 35.3 Å². The van der Waals surface area contributed by atoms with Crippen molar-refractivity contribution in [2.45, 2.75) is 18.9 Å². The van der Waals surface area contributed by atoms with Crippen LogP contribution >= 0.6 is 23.2 Å². The molecule has 2 aromatic carbocycles. The van der Waals surface area contributed by atoms with Gasteiger partial charge in [-0.3, -0.25) is 4.79 Å². The Bertz CT molecular complexity index is 746. The van der Waals surface area contributed by atoms with Crippen LogP contribution in [0, 0.1) is 11.7 Å². The van der Waals surface area contributed by atoms with Gasteiger partial charge in [-0.15, -0.1) is 0 Å². The Labute approximate surface area is 156 Å². The normalized spacial score (nSPS) is 21.1. The third-order valence-corrected chi connectivity index (χ3v) is 5.03. The van der Waals surface area contributed by atoms with E-state index in [0.29, 0.717) is 23.1 Å². The van der Waals surface area contributed by atoms with Gasteiger partial charge in [-0.2, -0.15) is 0 Å². The number of halogens is 3. The van der Waals surface area contributed by atoms with Crippen molar-refractivity contribution in [3.8, 4) is 0 Å². The summed E-state index contributed by atoms with van der Waals surface area (Å²) in [6.45, 7) is 3.18. The molecule has 1 heterocycles. The molecular weight excluding hydrogens is 362 g/mol. The third-order valence-electron chi connectivity index (χ3n) is 4.59. The van der Waals surface area contributed by atoms with Gasteiger partial charge in [0.15, 0.2) is 0 Å². The quantitative estimate of drug-likeness (QED) is 0.829. The Balaban J connectivity index is 1.73. The zero-order valence-electron chi connectivity index (χ0n) is 13.7. The van der Waals surface area contributed by atoms with Gasteiger partial charge >= 0.3 is 0 Å². The lowest BCUT2D eigenvalue weighted by Gasteiger charge is -2.22. The summed E-state index contributed by atoms with van der Waals surface area (Å²) < 4.78 is 13.0. The van der Waals surface area contributed by atoms with E-state index >= 15 is 0 Å².